The molecule has 1 aromatic carbocycles. The van der Waals surface area contributed by atoms with Crippen molar-refractivity contribution >= 4 is 17.5 Å². The molecule has 0 aliphatic carbocycles. The van der Waals surface area contributed by atoms with Crippen molar-refractivity contribution in [1.29, 1.82) is 0 Å². The van der Waals surface area contributed by atoms with Crippen LogP contribution in [0.15, 0.2) is 34.9 Å². The van der Waals surface area contributed by atoms with Gasteiger partial charge < -0.3 is 10.2 Å². The number of primary amides is 1. The molecule has 0 bridgehead atoms. The number of rotatable bonds is 4. The summed E-state index contributed by atoms with van der Waals surface area (Å²) in [6.07, 6.45) is 3.56. The van der Waals surface area contributed by atoms with Gasteiger partial charge in [-0.3, -0.25) is 9.69 Å². The second-order valence-corrected chi connectivity index (χ2v) is 6.04. The van der Waals surface area contributed by atoms with E-state index < -0.39 is 0 Å². The summed E-state index contributed by atoms with van der Waals surface area (Å²) in [6, 6.07) is 7.44. The van der Waals surface area contributed by atoms with Crippen LogP contribution in [0.5, 0.6) is 0 Å². The van der Waals surface area contributed by atoms with E-state index in [1.165, 1.54) is 0 Å². The molecule has 1 aliphatic heterocycles. The van der Waals surface area contributed by atoms with Gasteiger partial charge in [0.1, 0.15) is 0 Å². The zero-order valence-corrected chi connectivity index (χ0v) is 12.9. The number of piperidine rings is 1. The average molecular weight is 320 g/mol. The number of carbonyl (C=O) groups excluding carboxylic acids is 1. The third-order valence-electron chi connectivity index (χ3n) is 3.95. The predicted molar refractivity (Wildman–Crippen MR) is 84.1 cm³/mol. The fourth-order valence-electron chi connectivity index (χ4n) is 2.75. The highest BCUT2D eigenvalue weighted by Crippen LogP contribution is 2.24. The molecular formula is C16H18ClN3O2. The Morgan fingerprint density at radius 2 is 2.18 bits per heavy atom. The Morgan fingerprint density at radius 1 is 1.41 bits per heavy atom. The summed E-state index contributed by atoms with van der Waals surface area (Å²) >= 11 is 5.88. The van der Waals surface area contributed by atoms with Crippen LogP contribution in [0.25, 0.3) is 11.3 Å². The molecule has 22 heavy (non-hydrogen) atoms. The molecule has 1 aliphatic rings. The number of likely N-dealkylation sites (tertiary alicyclic amines) is 1. The van der Waals surface area contributed by atoms with Crippen molar-refractivity contribution in [3.05, 3.63) is 41.4 Å². The predicted octanol–water partition coefficient (Wildman–Crippen LogP) is 2.69. The van der Waals surface area contributed by atoms with E-state index >= 15 is 0 Å². The van der Waals surface area contributed by atoms with Crippen molar-refractivity contribution in [3.8, 4) is 11.3 Å². The summed E-state index contributed by atoms with van der Waals surface area (Å²) in [4.78, 5) is 17.8. The number of halogens is 1. The van der Waals surface area contributed by atoms with Crippen molar-refractivity contribution in [2.24, 2.45) is 11.7 Å². The molecule has 116 valence electrons. The third-order valence-corrected chi connectivity index (χ3v) is 4.20. The highest BCUT2D eigenvalue weighted by Gasteiger charge is 2.24. The number of nitrogens with two attached hydrogens (primary N) is 1. The molecule has 6 heteroatoms. The molecule has 2 aromatic rings. The van der Waals surface area contributed by atoms with Gasteiger partial charge in [0.2, 0.25) is 11.8 Å². The monoisotopic (exact) mass is 319 g/mol. The Hall–Kier alpha value is -1.85. The van der Waals surface area contributed by atoms with Crippen LogP contribution in [-0.2, 0) is 11.3 Å². The number of aromatic nitrogens is 1. The minimum absolute atomic E-state index is 0.0700. The fraction of sp³-hybridized carbons (Fsp3) is 0.375. The lowest BCUT2D eigenvalue weighted by Crippen LogP contribution is -2.40. The van der Waals surface area contributed by atoms with Gasteiger partial charge in [-0.2, -0.15) is 0 Å². The zero-order chi connectivity index (χ0) is 15.5. The zero-order valence-electron chi connectivity index (χ0n) is 12.2. The number of hydrogen-bond acceptors (Lipinski definition) is 4. The van der Waals surface area contributed by atoms with Crippen LogP contribution in [-0.4, -0.2) is 28.9 Å². The van der Waals surface area contributed by atoms with Crippen LogP contribution in [0.2, 0.25) is 5.02 Å². The van der Waals surface area contributed by atoms with Gasteiger partial charge in [0.25, 0.3) is 0 Å². The lowest BCUT2D eigenvalue weighted by Gasteiger charge is -2.29. The first-order chi connectivity index (χ1) is 10.6. The van der Waals surface area contributed by atoms with Crippen LogP contribution in [0.1, 0.15) is 18.7 Å². The van der Waals surface area contributed by atoms with Gasteiger partial charge in [-0.25, -0.2) is 4.98 Å². The molecule has 1 aromatic heterocycles. The fourth-order valence-corrected chi connectivity index (χ4v) is 2.88. The van der Waals surface area contributed by atoms with Crippen molar-refractivity contribution in [2.75, 3.05) is 13.1 Å². The summed E-state index contributed by atoms with van der Waals surface area (Å²) in [5, 5.41) is 0.689. The third kappa shape index (κ3) is 3.48. The largest absolute Gasteiger partial charge is 0.439 e. The van der Waals surface area contributed by atoms with Gasteiger partial charge in [-0.05, 0) is 43.7 Å². The van der Waals surface area contributed by atoms with Gasteiger partial charge in [-0.15, -0.1) is 0 Å². The number of amides is 1. The quantitative estimate of drug-likeness (QED) is 0.940. The number of benzene rings is 1. The van der Waals surface area contributed by atoms with Crippen molar-refractivity contribution < 1.29 is 9.21 Å². The minimum atomic E-state index is -0.223. The maximum atomic E-state index is 11.3. The number of carbonyl (C=O) groups is 1. The lowest BCUT2D eigenvalue weighted by molar-refractivity contribution is -0.123. The number of hydrogen-bond donors (Lipinski definition) is 1. The maximum Gasteiger partial charge on any atom is 0.221 e. The second kappa shape index (κ2) is 6.50. The van der Waals surface area contributed by atoms with Crippen LogP contribution in [0, 0.1) is 5.92 Å². The SMILES string of the molecule is NC(=O)[C@@H]1CCCN(Cc2ncc(-c3ccc(Cl)cc3)o2)C1. The highest BCUT2D eigenvalue weighted by molar-refractivity contribution is 6.30. The smallest absolute Gasteiger partial charge is 0.221 e. The Morgan fingerprint density at radius 3 is 2.91 bits per heavy atom. The molecule has 1 atom stereocenters. The molecule has 0 radical (unpaired) electrons. The highest BCUT2D eigenvalue weighted by atomic mass is 35.5. The van der Waals surface area contributed by atoms with Crippen molar-refractivity contribution in [3.63, 3.8) is 0 Å². The first-order valence-electron chi connectivity index (χ1n) is 7.34. The van der Waals surface area contributed by atoms with Gasteiger partial charge >= 0.3 is 0 Å². The van der Waals surface area contributed by atoms with E-state index in [9.17, 15) is 4.79 Å². The average Bonchev–Trinajstić information content (AvgIpc) is 2.96. The second-order valence-electron chi connectivity index (χ2n) is 5.60. The minimum Gasteiger partial charge on any atom is -0.439 e. The van der Waals surface area contributed by atoms with Crippen molar-refractivity contribution in [2.45, 2.75) is 19.4 Å². The summed E-state index contributed by atoms with van der Waals surface area (Å²) < 4.78 is 5.80. The summed E-state index contributed by atoms with van der Waals surface area (Å²) in [5.41, 5.74) is 6.34. The number of oxazole rings is 1. The van der Waals surface area contributed by atoms with Crippen LogP contribution >= 0.6 is 11.6 Å². The van der Waals surface area contributed by atoms with E-state index in [0.717, 1.165) is 30.7 Å². The van der Waals surface area contributed by atoms with E-state index in [2.05, 4.69) is 9.88 Å². The summed E-state index contributed by atoms with van der Waals surface area (Å²) in [5.74, 6) is 1.07. The topological polar surface area (TPSA) is 72.4 Å². The summed E-state index contributed by atoms with van der Waals surface area (Å²) in [7, 11) is 0. The Balaban J connectivity index is 1.66. The molecule has 1 fully saturated rings. The molecule has 1 saturated heterocycles. The normalized spacial score (nSPS) is 19.2. The van der Waals surface area contributed by atoms with Gasteiger partial charge in [0, 0.05) is 17.1 Å². The van der Waals surface area contributed by atoms with E-state index in [1.54, 1.807) is 6.20 Å². The molecule has 5 nitrogen and oxygen atoms in total. The Bertz CT molecular complexity index is 654. The first-order valence-corrected chi connectivity index (χ1v) is 7.72. The molecule has 2 N–H and O–H groups in total. The molecule has 0 saturated carbocycles. The van der Waals surface area contributed by atoms with E-state index in [1.807, 2.05) is 24.3 Å². The molecular weight excluding hydrogens is 302 g/mol. The summed E-state index contributed by atoms with van der Waals surface area (Å²) in [6.45, 7) is 2.20. The Labute approximate surface area is 134 Å². The van der Waals surface area contributed by atoms with Gasteiger partial charge in [-0.1, -0.05) is 11.6 Å². The number of nitrogens with zero attached hydrogens (tertiary/aromatic N) is 2. The Kier molecular flexibility index (Phi) is 4.45. The van der Waals surface area contributed by atoms with Gasteiger partial charge in [0.15, 0.2) is 5.76 Å². The van der Waals surface area contributed by atoms with E-state index in [4.69, 9.17) is 21.8 Å². The van der Waals surface area contributed by atoms with Crippen LogP contribution in [0.3, 0.4) is 0 Å². The van der Waals surface area contributed by atoms with E-state index in [0.29, 0.717) is 24.0 Å². The van der Waals surface area contributed by atoms with Crippen LogP contribution in [0.4, 0.5) is 0 Å². The lowest BCUT2D eigenvalue weighted by atomic mass is 9.97. The molecule has 0 spiro atoms. The standard InChI is InChI=1S/C16H18ClN3O2/c17-13-5-3-11(4-6-13)14-8-19-15(22-14)10-20-7-1-2-12(9-20)16(18)21/h3-6,8,12H,1-2,7,9-10H2,(H2,18,21)/t12-/m1/s1. The first kappa shape index (κ1) is 15.1. The maximum absolute atomic E-state index is 11.3. The van der Waals surface area contributed by atoms with E-state index in [-0.39, 0.29) is 11.8 Å². The van der Waals surface area contributed by atoms with Gasteiger partial charge in [0.05, 0.1) is 18.7 Å². The van der Waals surface area contributed by atoms with Crippen molar-refractivity contribution in [1.82, 2.24) is 9.88 Å². The molecule has 1 amide bonds. The molecule has 0 unspecified atom stereocenters. The molecule has 2 heterocycles. The van der Waals surface area contributed by atoms with Crippen LogP contribution < -0.4 is 5.73 Å². The molecule has 3 rings (SSSR count).